The van der Waals surface area contributed by atoms with E-state index < -0.39 is 13.9 Å². The maximum Gasteiger partial charge on any atom is 0.610 e. The second kappa shape index (κ2) is 6.73. The number of amides is 1. The largest absolute Gasteiger partial charge is 0.610 e. The smallest absolute Gasteiger partial charge is 0.446 e. The van der Waals surface area contributed by atoms with Gasteiger partial charge >= 0.3 is 13.9 Å². The highest BCUT2D eigenvalue weighted by Crippen LogP contribution is 2.50. The van der Waals surface area contributed by atoms with Crippen molar-refractivity contribution in [3.63, 3.8) is 0 Å². The summed E-state index contributed by atoms with van der Waals surface area (Å²) in [6.45, 7) is 0.286. The van der Waals surface area contributed by atoms with Gasteiger partial charge in [0.2, 0.25) is 0 Å². The number of cyclic esters (lactones) is 1. The number of nitrogens with zero attached hydrogens (tertiary/aromatic N) is 1. The van der Waals surface area contributed by atoms with Gasteiger partial charge in [0.25, 0.3) is 0 Å². The van der Waals surface area contributed by atoms with Crippen LogP contribution < -0.4 is 9.05 Å². The van der Waals surface area contributed by atoms with E-state index in [1.165, 1.54) is 0 Å². The van der Waals surface area contributed by atoms with Crippen LogP contribution in [-0.4, -0.2) is 24.3 Å². The summed E-state index contributed by atoms with van der Waals surface area (Å²) in [4.78, 5) is 11.5. The Hall–Kier alpha value is -2.50. The normalized spacial score (nSPS) is 14.4. The predicted octanol–water partition coefficient (Wildman–Crippen LogP) is 3.64. The number of ether oxygens (including phenoxy) is 1. The minimum atomic E-state index is -4.12. The summed E-state index contributed by atoms with van der Waals surface area (Å²) in [7, 11) is -4.12. The van der Waals surface area contributed by atoms with Crippen LogP contribution in [0.3, 0.4) is 0 Å². The number of para-hydroxylation sites is 2. The maximum atomic E-state index is 12.9. The fraction of sp³-hybridized carbons (Fsp3) is 0.133. The van der Waals surface area contributed by atoms with Crippen LogP contribution in [0.25, 0.3) is 0 Å². The Balaban J connectivity index is 1.82. The van der Waals surface area contributed by atoms with Gasteiger partial charge in [-0.2, -0.15) is 5.06 Å². The van der Waals surface area contributed by atoms with Gasteiger partial charge in [-0.05, 0) is 24.3 Å². The monoisotopic (exact) mass is 335 g/mol. The first kappa shape index (κ1) is 15.4. The standard InChI is InChI=1S/C15H14NO6P/c17-15-16(11-12-19-15)22-23(18,20-13-7-3-1-4-8-13)21-14-9-5-2-6-10-14/h1-10H,11-12H2. The molecule has 0 spiro atoms. The van der Waals surface area contributed by atoms with Gasteiger partial charge in [-0.3, -0.25) is 0 Å². The second-order valence-electron chi connectivity index (χ2n) is 4.55. The van der Waals surface area contributed by atoms with E-state index in [0.717, 1.165) is 5.06 Å². The van der Waals surface area contributed by atoms with Crippen molar-refractivity contribution in [1.29, 1.82) is 0 Å². The fourth-order valence-corrected chi connectivity index (χ4v) is 3.10. The summed E-state index contributed by atoms with van der Waals surface area (Å²) in [5.74, 6) is 0.582. The molecule has 1 fully saturated rings. The molecule has 8 heteroatoms. The van der Waals surface area contributed by atoms with E-state index in [1.807, 2.05) is 0 Å². The quantitative estimate of drug-likeness (QED) is 0.751. The zero-order valence-corrected chi connectivity index (χ0v) is 12.9. The highest BCUT2D eigenvalue weighted by Gasteiger charge is 2.39. The van der Waals surface area contributed by atoms with Gasteiger partial charge in [-0.25, -0.2) is 9.36 Å². The Kier molecular flexibility index (Phi) is 4.50. The Bertz CT molecular complexity index is 663. The second-order valence-corrected chi connectivity index (χ2v) is 5.98. The summed E-state index contributed by atoms with van der Waals surface area (Å²) < 4.78 is 33.6. The highest BCUT2D eigenvalue weighted by atomic mass is 31.2. The van der Waals surface area contributed by atoms with Crippen LogP contribution in [0.5, 0.6) is 11.5 Å². The summed E-state index contributed by atoms with van der Waals surface area (Å²) in [6, 6.07) is 16.8. The van der Waals surface area contributed by atoms with Crippen LogP contribution in [0.4, 0.5) is 4.79 Å². The number of carbonyl (C=O) groups excluding carboxylic acids is 1. The van der Waals surface area contributed by atoms with Crippen molar-refractivity contribution in [2.45, 2.75) is 0 Å². The summed E-state index contributed by atoms with van der Waals surface area (Å²) >= 11 is 0. The lowest BCUT2D eigenvalue weighted by atomic mass is 10.3. The minimum Gasteiger partial charge on any atom is -0.446 e. The van der Waals surface area contributed by atoms with Gasteiger partial charge in [-0.15, -0.1) is 4.62 Å². The van der Waals surface area contributed by atoms with Crippen LogP contribution in [0.1, 0.15) is 0 Å². The number of phosphoric ester groups is 1. The fourth-order valence-electron chi connectivity index (χ4n) is 1.85. The molecule has 7 nitrogen and oxygen atoms in total. The molecule has 1 aliphatic heterocycles. The molecule has 23 heavy (non-hydrogen) atoms. The van der Waals surface area contributed by atoms with Crippen molar-refractivity contribution in [2.75, 3.05) is 13.2 Å². The Morgan fingerprint density at radius 1 is 0.913 bits per heavy atom. The van der Waals surface area contributed by atoms with Crippen molar-refractivity contribution in [1.82, 2.24) is 5.06 Å². The van der Waals surface area contributed by atoms with Crippen LogP contribution >= 0.6 is 7.82 Å². The van der Waals surface area contributed by atoms with Gasteiger partial charge in [-0.1, -0.05) is 36.4 Å². The van der Waals surface area contributed by atoms with Crippen molar-refractivity contribution in [2.24, 2.45) is 0 Å². The van der Waals surface area contributed by atoms with E-state index in [2.05, 4.69) is 0 Å². The lowest BCUT2D eigenvalue weighted by molar-refractivity contribution is -0.0236. The molecule has 1 heterocycles. The molecule has 0 aliphatic carbocycles. The minimum absolute atomic E-state index is 0.138. The number of carbonyl (C=O) groups is 1. The molecular formula is C15H14NO6P. The van der Waals surface area contributed by atoms with E-state index in [0.29, 0.717) is 11.5 Å². The molecular weight excluding hydrogens is 321 g/mol. The average Bonchev–Trinajstić information content (AvgIpc) is 2.93. The molecule has 0 aromatic heterocycles. The van der Waals surface area contributed by atoms with E-state index in [1.54, 1.807) is 60.7 Å². The molecule has 120 valence electrons. The first-order valence-electron chi connectivity index (χ1n) is 6.88. The molecule has 2 aromatic carbocycles. The van der Waals surface area contributed by atoms with Crippen molar-refractivity contribution < 1.29 is 27.8 Å². The molecule has 3 rings (SSSR count). The number of phosphoric acid groups is 1. The zero-order valence-electron chi connectivity index (χ0n) is 12.0. The molecule has 1 saturated heterocycles. The number of rotatable bonds is 6. The van der Waals surface area contributed by atoms with Gasteiger partial charge in [0.15, 0.2) is 0 Å². The first-order chi connectivity index (χ1) is 11.1. The molecule has 0 radical (unpaired) electrons. The van der Waals surface area contributed by atoms with Gasteiger partial charge in [0.1, 0.15) is 18.1 Å². The van der Waals surface area contributed by atoms with Crippen molar-refractivity contribution >= 4 is 13.9 Å². The van der Waals surface area contributed by atoms with Crippen LogP contribution in [-0.2, 0) is 13.9 Å². The SMILES string of the molecule is O=C1OCCN1OP(=O)(Oc1ccccc1)Oc1ccccc1. The topological polar surface area (TPSA) is 74.3 Å². The Morgan fingerprint density at radius 3 is 1.87 bits per heavy atom. The molecule has 1 amide bonds. The van der Waals surface area contributed by atoms with E-state index >= 15 is 0 Å². The molecule has 0 saturated carbocycles. The highest BCUT2D eigenvalue weighted by molar-refractivity contribution is 7.49. The van der Waals surface area contributed by atoms with Gasteiger partial charge in [0.05, 0.1) is 6.54 Å². The Morgan fingerprint density at radius 2 is 1.43 bits per heavy atom. The number of hydrogen-bond acceptors (Lipinski definition) is 6. The van der Waals surface area contributed by atoms with Gasteiger partial charge < -0.3 is 13.8 Å². The van der Waals surface area contributed by atoms with E-state index in [-0.39, 0.29) is 13.2 Å². The average molecular weight is 335 g/mol. The molecule has 0 atom stereocenters. The van der Waals surface area contributed by atoms with Crippen LogP contribution in [0.2, 0.25) is 0 Å². The summed E-state index contributed by atoms with van der Waals surface area (Å²) in [5.41, 5.74) is 0. The summed E-state index contributed by atoms with van der Waals surface area (Å²) in [5, 5.41) is 0.826. The van der Waals surface area contributed by atoms with Crippen molar-refractivity contribution in [3.05, 3.63) is 60.7 Å². The molecule has 2 aromatic rings. The van der Waals surface area contributed by atoms with Crippen LogP contribution in [0.15, 0.2) is 60.7 Å². The number of benzene rings is 2. The first-order valence-corrected chi connectivity index (χ1v) is 8.34. The number of hydroxylamine groups is 2. The maximum absolute atomic E-state index is 12.9. The van der Waals surface area contributed by atoms with E-state index in [9.17, 15) is 9.36 Å². The predicted molar refractivity (Wildman–Crippen MR) is 80.9 cm³/mol. The van der Waals surface area contributed by atoms with Crippen LogP contribution in [0, 0.1) is 0 Å². The lowest BCUT2D eigenvalue weighted by Gasteiger charge is -2.21. The molecule has 0 N–H and O–H groups in total. The third-order valence-corrected chi connectivity index (χ3v) is 4.11. The lowest BCUT2D eigenvalue weighted by Crippen LogP contribution is -2.25. The molecule has 1 aliphatic rings. The molecule has 0 unspecified atom stereocenters. The van der Waals surface area contributed by atoms with Gasteiger partial charge in [0, 0.05) is 0 Å². The third kappa shape index (κ3) is 4.03. The molecule has 0 bridgehead atoms. The Labute approximate surface area is 132 Å². The van der Waals surface area contributed by atoms with E-state index in [4.69, 9.17) is 18.4 Å². The zero-order chi connectivity index (χ0) is 16.1. The number of hydrogen-bond donors (Lipinski definition) is 0. The summed E-state index contributed by atoms with van der Waals surface area (Å²) in [6.07, 6.45) is -0.737. The van der Waals surface area contributed by atoms with Crippen molar-refractivity contribution in [3.8, 4) is 11.5 Å². The third-order valence-electron chi connectivity index (χ3n) is 2.84.